The Hall–Kier alpha value is -3.06. The molecule has 0 unspecified atom stereocenters. The lowest BCUT2D eigenvalue weighted by atomic mass is 10.1. The number of aromatic amines is 1. The molecule has 0 radical (unpaired) electrons. The number of carbonyl (C=O) groups is 1. The highest BCUT2D eigenvalue weighted by atomic mass is 32.1. The van der Waals surface area contributed by atoms with Crippen LogP contribution in [0.25, 0.3) is 10.9 Å². The lowest BCUT2D eigenvalue weighted by Gasteiger charge is -2.13. The van der Waals surface area contributed by atoms with Gasteiger partial charge in [-0.05, 0) is 61.5 Å². The minimum absolute atomic E-state index is 0.325. The number of anilines is 1. The van der Waals surface area contributed by atoms with Gasteiger partial charge in [-0.2, -0.15) is 0 Å². The van der Waals surface area contributed by atoms with Crippen molar-refractivity contribution in [1.82, 2.24) is 10.3 Å². The smallest absolute Gasteiger partial charge is 0.340 e. The largest absolute Gasteiger partial charge is 0.497 e. The van der Waals surface area contributed by atoms with E-state index in [1.807, 2.05) is 30.5 Å². The minimum Gasteiger partial charge on any atom is -0.497 e. The third-order valence-corrected chi connectivity index (χ3v) is 4.57. The average Bonchev–Trinajstić information content (AvgIpc) is 3.10. The summed E-state index contributed by atoms with van der Waals surface area (Å²) in [4.78, 5) is 15.3. The number of carbonyl (C=O) groups excluding carboxylic acids is 1. The molecule has 0 aliphatic heterocycles. The van der Waals surface area contributed by atoms with Crippen molar-refractivity contribution in [3.63, 3.8) is 0 Å². The first kappa shape index (κ1) is 19.7. The number of hydrogen-bond donors (Lipinski definition) is 3. The quantitative estimate of drug-likeness (QED) is 0.415. The van der Waals surface area contributed by atoms with E-state index in [2.05, 4.69) is 15.6 Å². The molecule has 0 fully saturated rings. The van der Waals surface area contributed by atoms with Crippen molar-refractivity contribution in [3.8, 4) is 5.75 Å². The molecule has 28 heavy (non-hydrogen) atoms. The van der Waals surface area contributed by atoms with Gasteiger partial charge < -0.3 is 25.1 Å². The van der Waals surface area contributed by atoms with Crippen LogP contribution in [0.3, 0.4) is 0 Å². The van der Waals surface area contributed by atoms with Crippen LogP contribution in [0, 0.1) is 0 Å². The van der Waals surface area contributed by atoms with Crippen LogP contribution in [-0.2, 0) is 11.2 Å². The number of hydrogen-bond acceptors (Lipinski definition) is 4. The van der Waals surface area contributed by atoms with Crippen LogP contribution < -0.4 is 15.4 Å². The van der Waals surface area contributed by atoms with E-state index in [4.69, 9.17) is 21.7 Å². The molecule has 2 aromatic carbocycles. The molecule has 3 N–H and O–H groups in total. The van der Waals surface area contributed by atoms with E-state index >= 15 is 0 Å². The molecule has 0 aliphatic rings. The molecule has 146 valence electrons. The standard InChI is InChI=1S/C21H23N3O3S/c1-3-27-20(25)16-6-4-5-7-19(16)24-21(28)22-11-10-14-13-23-18-9-8-15(26-2)12-17(14)18/h4-9,12-13,23H,3,10-11H2,1-2H3,(H2,22,24,28). The Labute approximate surface area is 169 Å². The molecule has 0 bridgehead atoms. The maximum Gasteiger partial charge on any atom is 0.340 e. The Balaban J connectivity index is 1.59. The predicted octanol–water partition coefficient (Wildman–Crippen LogP) is 3.88. The van der Waals surface area contributed by atoms with Crippen LogP contribution in [0.5, 0.6) is 5.75 Å². The lowest BCUT2D eigenvalue weighted by molar-refractivity contribution is 0.0527. The SMILES string of the molecule is CCOC(=O)c1ccccc1NC(=S)NCCc1c[nH]c2ccc(OC)cc12. The lowest BCUT2D eigenvalue weighted by Crippen LogP contribution is -2.30. The zero-order valence-corrected chi connectivity index (χ0v) is 16.7. The first-order valence-corrected chi connectivity index (χ1v) is 9.48. The molecule has 0 saturated heterocycles. The molecule has 6 nitrogen and oxygen atoms in total. The monoisotopic (exact) mass is 397 g/mol. The van der Waals surface area contributed by atoms with Crippen molar-refractivity contribution in [2.45, 2.75) is 13.3 Å². The van der Waals surface area contributed by atoms with Crippen LogP contribution in [0.15, 0.2) is 48.7 Å². The van der Waals surface area contributed by atoms with Gasteiger partial charge in [0, 0.05) is 23.6 Å². The summed E-state index contributed by atoms with van der Waals surface area (Å²) < 4.78 is 10.4. The number of esters is 1. The van der Waals surface area contributed by atoms with Crippen molar-refractivity contribution in [1.29, 1.82) is 0 Å². The summed E-state index contributed by atoms with van der Waals surface area (Å²) in [5.74, 6) is 0.454. The molecule has 1 aromatic heterocycles. The predicted molar refractivity (Wildman–Crippen MR) is 115 cm³/mol. The molecular weight excluding hydrogens is 374 g/mol. The number of methoxy groups -OCH3 is 1. The van der Waals surface area contributed by atoms with Crippen molar-refractivity contribution < 1.29 is 14.3 Å². The van der Waals surface area contributed by atoms with E-state index in [1.165, 1.54) is 5.56 Å². The summed E-state index contributed by atoms with van der Waals surface area (Å²) in [7, 11) is 1.66. The average molecular weight is 398 g/mol. The molecule has 0 amide bonds. The third kappa shape index (κ3) is 4.61. The Morgan fingerprint density at radius 3 is 2.82 bits per heavy atom. The van der Waals surface area contributed by atoms with Crippen molar-refractivity contribution in [2.75, 3.05) is 25.6 Å². The molecule has 3 rings (SSSR count). The van der Waals surface area contributed by atoms with E-state index in [9.17, 15) is 4.79 Å². The number of aromatic nitrogens is 1. The summed E-state index contributed by atoms with van der Waals surface area (Å²) in [6.07, 6.45) is 2.78. The number of fused-ring (bicyclic) bond motifs is 1. The molecular formula is C21H23N3O3S. The van der Waals surface area contributed by atoms with Crippen molar-refractivity contribution in [3.05, 3.63) is 59.8 Å². The second-order valence-corrected chi connectivity index (χ2v) is 6.53. The number of nitrogens with one attached hydrogen (secondary N) is 3. The third-order valence-electron chi connectivity index (χ3n) is 4.33. The van der Waals surface area contributed by atoms with E-state index in [0.29, 0.717) is 29.5 Å². The van der Waals surface area contributed by atoms with Gasteiger partial charge in [0.25, 0.3) is 0 Å². The highest BCUT2D eigenvalue weighted by molar-refractivity contribution is 7.80. The van der Waals surface area contributed by atoms with Gasteiger partial charge in [0.2, 0.25) is 0 Å². The van der Waals surface area contributed by atoms with E-state index < -0.39 is 0 Å². The van der Waals surface area contributed by atoms with Gasteiger partial charge in [-0.1, -0.05) is 12.1 Å². The molecule has 0 atom stereocenters. The second kappa shape index (κ2) is 9.23. The van der Waals surface area contributed by atoms with Gasteiger partial charge in [-0.3, -0.25) is 0 Å². The van der Waals surface area contributed by atoms with Crippen LogP contribution in [-0.4, -0.2) is 36.3 Å². The molecule has 0 saturated carbocycles. The highest BCUT2D eigenvalue weighted by Crippen LogP contribution is 2.23. The van der Waals surface area contributed by atoms with Crippen molar-refractivity contribution in [2.24, 2.45) is 0 Å². The van der Waals surface area contributed by atoms with Gasteiger partial charge in [-0.25, -0.2) is 4.79 Å². The van der Waals surface area contributed by atoms with Gasteiger partial charge >= 0.3 is 5.97 Å². The van der Waals surface area contributed by atoms with Gasteiger partial charge in [0.15, 0.2) is 5.11 Å². The summed E-state index contributed by atoms with van der Waals surface area (Å²) in [6, 6.07) is 13.1. The zero-order valence-electron chi connectivity index (χ0n) is 15.9. The molecule has 7 heteroatoms. The van der Waals surface area contributed by atoms with Crippen molar-refractivity contribution >= 4 is 39.9 Å². The first-order chi connectivity index (χ1) is 13.6. The Bertz CT molecular complexity index is 984. The number of rotatable bonds is 7. The van der Waals surface area contributed by atoms with Crippen LogP contribution in [0.4, 0.5) is 5.69 Å². The topological polar surface area (TPSA) is 75.4 Å². The fraction of sp³-hybridized carbons (Fsp3) is 0.238. The number of ether oxygens (including phenoxy) is 2. The zero-order chi connectivity index (χ0) is 19.9. The number of benzene rings is 2. The summed E-state index contributed by atoms with van der Waals surface area (Å²) in [5, 5.41) is 7.85. The second-order valence-electron chi connectivity index (χ2n) is 6.12. The maximum absolute atomic E-state index is 12.1. The van der Waals surface area contributed by atoms with Crippen LogP contribution in [0.2, 0.25) is 0 Å². The molecule has 0 spiro atoms. The normalized spacial score (nSPS) is 10.5. The molecule has 3 aromatic rings. The summed E-state index contributed by atoms with van der Waals surface area (Å²) in [5.41, 5.74) is 3.32. The Morgan fingerprint density at radius 2 is 2.04 bits per heavy atom. The van der Waals surface area contributed by atoms with Crippen LogP contribution in [0.1, 0.15) is 22.8 Å². The van der Waals surface area contributed by atoms with E-state index in [-0.39, 0.29) is 5.97 Å². The summed E-state index contributed by atoms with van der Waals surface area (Å²) in [6.45, 7) is 2.75. The Morgan fingerprint density at radius 1 is 1.21 bits per heavy atom. The van der Waals surface area contributed by atoms with E-state index in [1.54, 1.807) is 32.2 Å². The fourth-order valence-electron chi connectivity index (χ4n) is 2.95. The number of H-pyrrole nitrogens is 1. The highest BCUT2D eigenvalue weighted by Gasteiger charge is 2.12. The first-order valence-electron chi connectivity index (χ1n) is 9.07. The van der Waals surface area contributed by atoms with Crippen LogP contribution >= 0.6 is 12.2 Å². The van der Waals surface area contributed by atoms with Gasteiger partial charge in [0.05, 0.1) is 25.0 Å². The molecule has 1 heterocycles. The Kier molecular flexibility index (Phi) is 6.49. The summed E-state index contributed by atoms with van der Waals surface area (Å²) >= 11 is 5.37. The van der Waals surface area contributed by atoms with Gasteiger partial charge in [-0.15, -0.1) is 0 Å². The molecule has 0 aliphatic carbocycles. The number of para-hydroxylation sites is 1. The van der Waals surface area contributed by atoms with E-state index in [0.717, 1.165) is 23.1 Å². The van der Waals surface area contributed by atoms with Gasteiger partial charge in [0.1, 0.15) is 5.75 Å². The maximum atomic E-state index is 12.1. The minimum atomic E-state index is -0.374. The number of thiocarbonyl (C=S) groups is 1. The fourth-order valence-corrected chi connectivity index (χ4v) is 3.16.